The van der Waals surface area contributed by atoms with Gasteiger partial charge >= 0.3 is 5.97 Å². The first-order valence-electron chi connectivity index (χ1n) is 7.31. The summed E-state index contributed by atoms with van der Waals surface area (Å²) in [5.74, 6) is -0.937. The molecule has 0 saturated carbocycles. The Morgan fingerprint density at radius 1 is 1.17 bits per heavy atom. The van der Waals surface area contributed by atoms with Crippen molar-refractivity contribution in [3.63, 3.8) is 0 Å². The van der Waals surface area contributed by atoms with Gasteiger partial charge in [0.25, 0.3) is 0 Å². The third-order valence-corrected chi connectivity index (χ3v) is 4.26. The van der Waals surface area contributed by atoms with Crippen LogP contribution in [0.25, 0.3) is 22.5 Å². The summed E-state index contributed by atoms with van der Waals surface area (Å²) in [7, 11) is 0. The molecule has 0 unspecified atom stereocenters. The van der Waals surface area contributed by atoms with Crippen LogP contribution in [0.2, 0.25) is 0 Å². The van der Waals surface area contributed by atoms with E-state index >= 15 is 0 Å². The average molecular weight is 306 g/mol. The van der Waals surface area contributed by atoms with Crippen molar-refractivity contribution in [2.24, 2.45) is 0 Å². The van der Waals surface area contributed by atoms with E-state index in [1.165, 1.54) is 5.56 Å². The molecule has 1 aromatic heterocycles. The Hall–Kier alpha value is -2.92. The molecule has 0 aliphatic heterocycles. The van der Waals surface area contributed by atoms with Crippen molar-refractivity contribution in [1.29, 1.82) is 0 Å². The predicted molar refractivity (Wildman–Crippen MR) is 85.1 cm³/mol. The molecule has 0 radical (unpaired) electrons. The summed E-state index contributed by atoms with van der Waals surface area (Å²) in [5.41, 5.74) is 7.29. The van der Waals surface area contributed by atoms with Gasteiger partial charge in [0.2, 0.25) is 0 Å². The number of carbonyl (C=O) groups is 1. The van der Waals surface area contributed by atoms with Crippen LogP contribution in [0, 0.1) is 0 Å². The molecule has 4 rings (SSSR count). The third kappa shape index (κ3) is 2.13. The van der Waals surface area contributed by atoms with Crippen molar-refractivity contribution < 1.29 is 15.0 Å². The monoisotopic (exact) mass is 306 g/mol. The van der Waals surface area contributed by atoms with E-state index in [1.807, 2.05) is 18.2 Å². The number of nitrogens with one attached hydrogen (secondary N) is 1. The number of nitrogens with zero attached hydrogens (tertiary/aromatic N) is 1. The molecule has 0 bridgehead atoms. The van der Waals surface area contributed by atoms with Crippen molar-refractivity contribution >= 4 is 5.97 Å². The van der Waals surface area contributed by atoms with Gasteiger partial charge in [-0.15, -0.1) is 0 Å². The lowest BCUT2D eigenvalue weighted by molar-refractivity contribution is 0.0697. The van der Waals surface area contributed by atoms with Crippen molar-refractivity contribution in [3.05, 3.63) is 64.7 Å². The summed E-state index contributed by atoms with van der Waals surface area (Å²) in [6.45, 7) is 0.0307. The second-order valence-electron chi connectivity index (χ2n) is 5.63. The van der Waals surface area contributed by atoms with Gasteiger partial charge in [-0.3, -0.25) is 5.10 Å². The van der Waals surface area contributed by atoms with E-state index in [9.17, 15) is 9.90 Å². The van der Waals surface area contributed by atoms with Gasteiger partial charge in [-0.05, 0) is 23.3 Å². The number of fused-ring (bicyclic) bond motifs is 3. The van der Waals surface area contributed by atoms with Crippen molar-refractivity contribution in [2.75, 3.05) is 0 Å². The van der Waals surface area contributed by atoms with Crippen LogP contribution in [0.5, 0.6) is 0 Å². The van der Waals surface area contributed by atoms with Gasteiger partial charge in [0.1, 0.15) is 0 Å². The molecule has 3 aromatic rings. The number of carboxylic acids is 1. The van der Waals surface area contributed by atoms with Gasteiger partial charge in [0.15, 0.2) is 0 Å². The van der Waals surface area contributed by atoms with Crippen LogP contribution in [-0.4, -0.2) is 26.4 Å². The maximum absolute atomic E-state index is 11.0. The van der Waals surface area contributed by atoms with E-state index in [0.717, 1.165) is 40.1 Å². The van der Waals surface area contributed by atoms with Crippen LogP contribution in [0.15, 0.2) is 42.5 Å². The number of aliphatic hydroxyl groups is 1. The maximum Gasteiger partial charge on any atom is 0.335 e. The quantitative estimate of drug-likeness (QED) is 0.543. The van der Waals surface area contributed by atoms with Gasteiger partial charge in [0.05, 0.1) is 23.6 Å². The summed E-state index contributed by atoms with van der Waals surface area (Å²) in [4.78, 5) is 11.0. The molecule has 0 spiro atoms. The number of benzene rings is 2. The predicted octanol–water partition coefficient (Wildman–Crippen LogP) is 2.84. The minimum atomic E-state index is -0.937. The highest BCUT2D eigenvalue weighted by Gasteiger charge is 2.25. The van der Waals surface area contributed by atoms with E-state index in [1.54, 1.807) is 24.3 Å². The highest BCUT2D eigenvalue weighted by molar-refractivity contribution is 5.88. The zero-order valence-corrected chi connectivity index (χ0v) is 12.2. The number of H-pyrrole nitrogens is 1. The highest BCUT2D eigenvalue weighted by Crippen LogP contribution is 2.40. The molecule has 1 heterocycles. The van der Waals surface area contributed by atoms with E-state index in [0.29, 0.717) is 0 Å². The fourth-order valence-electron chi connectivity index (χ4n) is 3.10. The Balaban J connectivity index is 1.75. The topological polar surface area (TPSA) is 86.2 Å². The van der Waals surface area contributed by atoms with E-state index in [-0.39, 0.29) is 12.2 Å². The molecule has 2 aromatic carbocycles. The Morgan fingerprint density at radius 3 is 2.65 bits per heavy atom. The summed E-state index contributed by atoms with van der Waals surface area (Å²) in [6, 6.07) is 12.7. The van der Waals surface area contributed by atoms with Gasteiger partial charge in [-0.25, -0.2) is 4.79 Å². The summed E-state index contributed by atoms with van der Waals surface area (Å²) in [5, 5.41) is 25.7. The number of hydrogen-bond donors (Lipinski definition) is 3. The van der Waals surface area contributed by atoms with Gasteiger partial charge < -0.3 is 10.2 Å². The lowest BCUT2D eigenvalue weighted by atomic mass is 10.0. The van der Waals surface area contributed by atoms with E-state index in [2.05, 4.69) is 10.2 Å². The fourth-order valence-corrected chi connectivity index (χ4v) is 3.10. The largest absolute Gasteiger partial charge is 0.478 e. The molecule has 0 amide bonds. The second kappa shape index (κ2) is 5.07. The van der Waals surface area contributed by atoms with Gasteiger partial charge in [0, 0.05) is 23.1 Å². The third-order valence-electron chi connectivity index (χ3n) is 4.26. The number of aromatic carboxylic acids is 1. The molecule has 5 heteroatoms. The minimum absolute atomic E-state index is 0.0307. The molecular weight excluding hydrogens is 292 g/mol. The molecule has 114 valence electrons. The Bertz CT molecular complexity index is 911. The normalized spacial score (nSPS) is 12.0. The summed E-state index contributed by atoms with van der Waals surface area (Å²) < 4.78 is 0. The number of carboxylic acid groups (broad SMARTS) is 1. The van der Waals surface area contributed by atoms with Crippen molar-refractivity contribution in [3.8, 4) is 22.5 Å². The van der Waals surface area contributed by atoms with Crippen LogP contribution in [0.3, 0.4) is 0 Å². The highest BCUT2D eigenvalue weighted by atomic mass is 16.4. The minimum Gasteiger partial charge on any atom is -0.478 e. The molecular formula is C18H14N2O3. The van der Waals surface area contributed by atoms with E-state index in [4.69, 9.17) is 5.11 Å². The molecule has 1 aliphatic carbocycles. The van der Waals surface area contributed by atoms with Crippen molar-refractivity contribution in [1.82, 2.24) is 10.2 Å². The first kappa shape index (κ1) is 13.7. The summed E-state index contributed by atoms with van der Waals surface area (Å²) >= 11 is 0. The number of aliphatic hydroxyl groups excluding tert-OH is 1. The number of aromatic amines is 1. The molecule has 0 saturated heterocycles. The fraction of sp³-hybridized carbons (Fsp3) is 0.111. The Morgan fingerprint density at radius 2 is 1.96 bits per heavy atom. The molecule has 3 N–H and O–H groups in total. The summed E-state index contributed by atoms with van der Waals surface area (Å²) in [6.07, 6.45) is 0.755. The number of hydrogen-bond acceptors (Lipinski definition) is 3. The first-order chi connectivity index (χ1) is 11.2. The van der Waals surface area contributed by atoms with Crippen LogP contribution in [-0.2, 0) is 13.0 Å². The molecule has 1 aliphatic rings. The zero-order valence-electron chi connectivity index (χ0n) is 12.2. The first-order valence-corrected chi connectivity index (χ1v) is 7.31. The lowest BCUT2D eigenvalue weighted by Crippen LogP contribution is -1.95. The van der Waals surface area contributed by atoms with Crippen LogP contribution >= 0.6 is 0 Å². The van der Waals surface area contributed by atoms with Gasteiger partial charge in [-0.1, -0.05) is 30.3 Å². The Kier molecular flexibility index (Phi) is 3.02. The SMILES string of the molecule is O=C(O)c1ccc(-c2n[nH]c3c2Cc2cc(CO)ccc2-3)cc1. The number of rotatable bonds is 3. The van der Waals surface area contributed by atoms with Crippen molar-refractivity contribution in [2.45, 2.75) is 13.0 Å². The second-order valence-corrected chi connectivity index (χ2v) is 5.63. The molecule has 23 heavy (non-hydrogen) atoms. The molecule has 0 fully saturated rings. The zero-order chi connectivity index (χ0) is 16.0. The van der Waals surface area contributed by atoms with Crippen LogP contribution in [0.1, 0.15) is 27.0 Å². The molecule has 0 atom stereocenters. The smallest absolute Gasteiger partial charge is 0.335 e. The van der Waals surface area contributed by atoms with Crippen LogP contribution < -0.4 is 0 Å². The van der Waals surface area contributed by atoms with Gasteiger partial charge in [-0.2, -0.15) is 5.10 Å². The maximum atomic E-state index is 11.0. The van der Waals surface area contributed by atoms with Crippen LogP contribution in [0.4, 0.5) is 0 Å². The number of aromatic nitrogens is 2. The standard InChI is InChI=1S/C18H14N2O3/c21-9-10-1-6-14-13(7-10)8-15-16(19-20-17(14)15)11-2-4-12(5-3-11)18(22)23/h1-7,21H,8-9H2,(H,19,20)(H,22,23). The lowest BCUT2D eigenvalue weighted by Gasteiger charge is -2.03. The average Bonchev–Trinajstić information content (AvgIpc) is 3.13. The van der Waals surface area contributed by atoms with E-state index < -0.39 is 5.97 Å². The Labute approximate surface area is 132 Å². The molecule has 5 nitrogen and oxygen atoms in total.